The van der Waals surface area contributed by atoms with Crippen molar-refractivity contribution in [3.63, 3.8) is 0 Å². The number of urea groups is 1. The highest BCUT2D eigenvalue weighted by Gasteiger charge is 2.16. The maximum absolute atomic E-state index is 11.6. The van der Waals surface area contributed by atoms with Crippen molar-refractivity contribution in [1.82, 2.24) is 15.6 Å². The maximum atomic E-state index is 11.6. The molecule has 0 fully saturated rings. The average molecular weight is 361 g/mol. The molecule has 132 valence electrons. The van der Waals surface area contributed by atoms with Crippen LogP contribution < -0.4 is 10.6 Å². The Hall–Kier alpha value is -2.74. The van der Waals surface area contributed by atoms with Crippen LogP contribution in [0.25, 0.3) is 16.3 Å². The van der Waals surface area contributed by atoms with Crippen molar-refractivity contribution in [2.45, 2.75) is 26.3 Å². The van der Waals surface area contributed by atoms with Crippen molar-refractivity contribution in [2.75, 3.05) is 6.61 Å². The van der Waals surface area contributed by atoms with Crippen LogP contribution >= 0.6 is 11.3 Å². The lowest BCUT2D eigenvalue weighted by atomic mass is 10.1. The Balaban J connectivity index is 1.80. The second-order valence-electron chi connectivity index (χ2n) is 6.21. The molecule has 0 aliphatic heterocycles. The van der Waals surface area contributed by atoms with Gasteiger partial charge in [-0.1, -0.05) is 12.1 Å². The number of thiazole rings is 1. The summed E-state index contributed by atoms with van der Waals surface area (Å²) >= 11 is 1.44. The third kappa shape index (κ3) is 6.34. The fourth-order valence-electron chi connectivity index (χ4n) is 1.82. The van der Waals surface area contributed by atoms with Crippen LogP contribution in [0.2, 0.25) is 0 Å². The van der Waals surface area contributed by atoms with Crippen LogP contribution in [0.1, 0.15) is 25.8 Å². The summed E-state index contributed by atoms with van der Waals surface area (Å²) in [4.78, 5) is 39.0. The second-order valence-corrected chi connectivity index (χ2v) is 7.28. The van der Waals surface area contributed by atoms with Gasteiger partial charge in [-0.05, 0) is 39.0 Å². The van der Waals surface area contributed by atoms with Crippen molar-refractivity contribution in [2.24, 2.45) is 0 Å². The van der Waals surface area contributed by atoms with E-state index in [1.807, 2.05) is 24.3 Å². The minimum atomic E-state index is -0.705. The number of imide groups is 1. The molecule has 0 unspecified atom stereocenters. The molecule has 0 aliphatic rings. The van der Waals surface area contributed by atoms with Gasteiger partial charge in [0.1, 0.15) is 5.01 Å². The van der Waals surface area contributed by atoms with E-state index in [2.05, 4.69) is 15.6 Å². The summed E-state index contributed by atoms with van der Waals surface area (Å²) in [6.45, 7) is 4.80. The molecular formula is C17H19N3O4S. The number of hydrogen-bond donors (Lipinski definition) is 2. The van der Waals surface area contributed by atoms with E-state index in [1.54, 1.807) is 20.8 Å². The van der Waals surface area contributed by atoms with Crippen LogP contribution in [0.15, 0.2) is 30.3 Å². The van der Waals surface area contributed by atoms with E-state index in [1.165, 1.54) is 23.5 Å². The Bertz CT molecular complexity index is 788. The second kappa shape index (κ2) is 7.89. The van der Waals surface area contributed by atoms with Gasteiger partial charge in [-0.25, -0.2) is 14.6 Å². The van der Waals surface area contributed by atoms with Crippen LogP contribution in [0, 0.1) is 0 Å². The first-order valence-corrected chi connectivity index (χ1v) is 8.37. The van der Waals surface area contributed by atoms with Gasteiger partial charge in [-0.2, -0.15) is 0 Å². The van der Waals surface area contributed by atoms with E-state index < -0.39 is 30.1 Å². The molecular weight excluding hydrogens is 342 g/mol. The van der Waals surface area contributed by atoms with Gasteiger partial charge in [0.25, 0.3) is 5.91 Å². The summed E-state index contributed by atoms with van der Waals surface area (Å²) in [5, 5.41) is 5.31. The van der Waals surface area contributed by atoms with Crippen LogP contribution in [0.5, 0.6) is 0 Å². The highest BCUT2D eigenvalue weighted by Crippen LogP contribution is 2.22. The first-order valence-electron chi connectivity index (χ1n) is 7.55. The van der Waals surface area contributed by atoms with Gasteiger partial charge in [0, 0.05) is 11.6 Å². The summed E-state index contributed by atoms with van der Waals surface area (Å²) in [6.07, 6.45) is 2.72. The number of rotatable bonds is 4. The maximum Gasteiger partial charge on any atom is 0.331 e. The van der Waals surface area contributed by atoms with Crippen LogP contribution in [-0.4, -0.2) is 35.0 Å². The zero-order chi connectivity index (χ0) is 18.4. The van der Waals surface area contributed by atoms with Gasteiger partial charge < -0.3 is 10.1 Å². The molecule has 0 aliphatic carbocycles. The lowest BCUT2D eigenvalue weighted by Gasteiger charge is -2.20. The minimum absolute atomic E-state index is 0.471. The zero-order valence-corrected chi connectivity index (χ0v) is 15.0. The highest BCUT2D eigenvalue weighted by molar-refractivity contribution is 7.19. The molecule has 25 heavy (non-hydrogen) atoms. The lowest BCUT2D eigenvalue weighted by molar-refractivity contribution is -0.143. The molecule has 0 bridgehead atoms. The van der Waals surface area contributed by atoms with Gasteiger partial charge in [0.2, 0.25) is 0 Å². The summed E-state index contributed by atoms with van der Waals surface area (Å²) in [6, 6.07) is 6.98. The molecule has 0 spiro atoms. The Kier molecular flexibility index (Phi) is 5.87. The largest absolute Gasteiger partial charge is 0.452 e. The molecule has 0 atom stereocenters. The van der Waals surface area contributed by atoms with Gasteiger partial charge in [0.05, 0.1) is 10.2 Å². The van der Waals surface area contributed by atoms with Crippen molar-refractivity contribution in [3.05, 3.63) is 35.3 Å². The number of nitrogens with zero attached hydrogens (tertiary/aromatic N) is 1. The fourth-order valence-corrected chi connectivity index (χ4v) is 2.69. The number of aromatic nitrogens is 1. The molecule has 7 nitrogen and oxygen atoms in total. The van der Waals surface area contributed by atoms with Crippen molar-refractivity contribution in [3.8, 4) is 0 Å². The Morgan fingerprint density at radius 2 is 1.96 bits per heavy atom. The number of ether oxygens (including phenoxy) is 1. The minimum Gasteiger partial charge on any atom is -0.452 e. The first kappa shape index (κ1) is 18.6. The number of benzene rings is 1. The standard InChI is InChI=1S/C17H19N3O4S/c1-17(2,3)20-16(23)19-13(21)10-24-15(22)9-8-14-18-11-6-4-5-7-12(11)25-14/h4-9H,10H2,1-3H3,(H2,19,20,21,23)/b9-8+. The number of carbonyl (C=O) groups excluding carboxylic acids is 3. The van der Waals surface area contributed by atoms with Gasteiger partial charge >= 0.3 is 12.0 Å². The van der Waals surface area contributed by atoms with Gasteiger partial charge in [0.15, 0.2) is 6.61 Å². The quantitative estimate of drug-likeness (QED) is 0.644. The topological polar surface area (TPSA) is 97.4 Å². The third-order valence-electron chi connectivity index (χ3n) is 2.76. The van der Waals surface area contributed by atoms with Crippen LogP contribution in [0.3, 0.4) is 0 Å². The first-order chi connectivity index (χ1) is 11.7. The predicted octanol–water partition coefficient (Wildman–Crippen LogP) is 2.48. The molecule has 1 aromatic heterocycles. The van der Waals surface area contributed by atoms with Crippen LogP contribution in [-0.2, 0) is 14.3 Å². The molecule has 2 aromatic rings. The Labute approximate surface area is 149 Å². The van der Waals surface area contributed by atoms with E-state index in [0.717, 1.165) is 10.2 Å². The molecule has 2 N–H and O–H groups in total. The number of amides is 3. The number of esters is 1. The number of carbonyl (C=O) groups is 3. The molecule has 3 amide bonds. The van der Waals surface area contributed by atoms with Crippen molar-refractivity contribution < 1.29 is 19.1 Å². The molecule has 8 heteroatoms. The summed E-state index contributed by atoms with van der Waals surface area (Å²) in [7, 11) is 0. The normalized spacial score (nSPS) is 11.5. The molecule has 0 saturated carbocycles. The molecule has 0 radical (unpaired) electrons. The van der Waals surface area contributed by atoms with E-state index in [9.17, 15) is 14.4 Å². The number of para-hydroxylation sites is 1. The predicted molar refractivity (Wildman–Crippen MR) is 96.0 cm³/mol. The third-order valence-corrected chi connectivity index (χ3v) is 3.76. The summed E-state index contributed by atoms with van der Waals surface area (Å²) < 4.78 is 5.80. The number of nitrogens with one attached hydrogen (secondary N) is 2. The number of fused-ring (bicyclic) bond motifs is 1. The fraction of sp³-hybridized carbons (Fsp3) is 0.294. The molecule has 1 heterocycles. The Morgan fingerprint density at radius 3 is 2.64 bits per heavy atom. The molecule has 2 rings (SSSR count). The SMILES string of the molecule is CC(C)(C)NC(=O)NC(=O)COC(=O)/C=C/c1nc2ccccc2s1. The van der Waals surface area contributed by atoms with E-state index in [4.69, 9.17) is 4.74 Å². The molecule has 1 aromatic carbocycles. The van der Waals surface area contributed by atoms with E-state index in [0.29, 0.717) is 5.01 Å². The highest BCUT2D eigenvalue weighted by atomic mass is 32.1. The zero-order valence-electron chi connectivity index (χ0n) is 14.2. The van der Waals surface area contributed by atoms with Crippen molar-refractivity contribution >= 4 is 45.5 Å². The van der Waals surface area contributed by atoms with E-state index >= 15 is 0 Å². The molecule has 0 saturated heterocycles. The van der Waals surface area contributed by atoms with Gasteiger partial charge in [-0.15, -0.1) is 11.3 Å². The Morgan fingerprint density at radius 1 is 1.24 bits per heavy atom. The smallest absolute Gasteiger partial charge is 0.331 e. The number of hydrogen-bond acceptors (Lipinski definition) is 6. The van der Waals surface area contributed by atoms with Crippen molar-refractivity contribution in [1.29, 1.82) is 0 Å². The summed E-state index contributed by atoms with van der Waals surface area (Å²) in [5.74, 6) is -1.39. The average Bonchev–Trinajstić information content (AvgIpc) is 2.91. The lowest BCUT2D eigenvalue weighted by Crippen LogP contribution is -2.49. The van der Waals surface area contributed by atoms with Gasteiger partial charge in [-0.3, -0.25) is 10.1 Å². The monoisotopic (exact) mass is 361 g/mol. The van der Waals surface area contributed by atoms with E-state index in [-0.39, 0.29) is 0 Å². The van der Waals surface area contributed by atoms with Crippen LogP contribution in [0.4, 0.5) is 4.79 Å². The summed E-state index contributed by atoms with van der Waals surface area (Å²) in [5.41, 5.74) is 0.380.